The van der Waals surface area contributed by atoms with Gasteiger partial charge in [-0.3, -0.25) is 0 Å². The molecule has 0 aromatic carbocycles. The van der Waals surface area contributed by atoms with Gasteiger partial charge in [-0.25, -0.2) is 4.98 Å². The van der Waals surface area contributed by atoms with Crippen LogP contribution in [0.3, 0.4) is 0 Å². The van der Waals surface area contributed by atoms with Crippen LogP contribution in [0, 0.1) is 0 Å². The molecular weight excluding hydrogens is 241 g/mol. The number of halogens is 3. The smallest absolute Gasteiger partial charge is 0.375 e. The summed E-state index contributed by atoms with van der Waals surface area (Å²) in [7, 11) is 0. The van der Waals surface area contributed by atoms with Gasteiger partial charge in [-0.1, -0.05) is 0 Å². The highest BCUT2D eigenvalue weighted by molar-refractivity contribution is 7.09. The number of nitrogens with two attached hydrogens (primary N) is 1. The molecule has 92 valence electrons. The molecule has 1 atom stereocenters. The summed E-state index contributed by atoms with van der Waals surface area (Å²) in [6.07, 6.45) is -4.51. The highest BCUT2D eigenvalue weighted by Gasteiger charge is 2.50. The summed E-state index contributed by atoms with van der Waals surface area (Å²) in [6.45, 7) is 3.42. The molecule has 0 aliphatic carbocycles. The van der Waals surface area contributed by atoms with Gasteiger partial charge >= 0.3 is 6.18 Å². The summed E-state index contributed by atoms with van der Waals surface area (Å²) >= 11 is 1.12. The van der Waals surface area contributed by atoms with E-state index in [0.29, 0.717) is 11.6 Å². The minimum Gasteiger partial charge on any atom is -0.375 e. The molecule has 0 spiro atoms. The van der Waals surface area contributed by atoms with Crippen molar-refractivity contribution in [2.24, 2.45) is 5.73 Å². The Morgan fingerprint density at radius 3 is 2.62 bits per heavy atom. The molecule has 0 aliphatic rings. The number of nitrogens with zero attached hydrogens (tertiary/aromatic N) is 1. The molecule has 0 saturated heterocycles. The van der Waals surface area contributed by atoms with Crippen molar-refractivity contribution >= 4 is 11.3 Å². The number of ether oxygens (including phenoxy) is 1. The predicted octanol–water partition coefficient (Wildman–Crippen LogP) is 2.42. The van der Waals surface area contributed by atoms with Crippen LogP contribution >= 0.6 is 11.3 Å². The van der Waals surface area contributed by atoms with E-state index < -0.39 is 11.7 Å². The fourth-order valence-electron chi connectivity index (χ4n) is 0.950. The number of thiazole rings is 1. The van der Waals surface area contributed by atoms with E-state index in [1.807, 2.05) is 0 Å². The predicted molar refractivity (Wildman–Crippen MR) is 55.0 cm³/mol. The van der Waals surface area contributed by atoms with Gasteiger partial charge in [0.25, 0.3) is 0 Å². The maximum absolute atomic E-state index is 12.6. The molecule has 0 aliphatic heterocycles. The molecule has 3 nitrogen and oxygen atoms in total. The van der Waals surface area contributed by atoms with Crippen molar-refractivity contribution in [1.82, 2.24) is 4.98 Å². The Labute approximate surface area is 95.4 Å². The molecule has 1 unspecified atom stereocenters. The normalized spacial score (nSPS) is 16.1. The number of hydrogen-bond acceptors (Lipinski definition) is 4. The van der Waals surface area contributed by atoms with E-state index in [4.69, 9.17) is 10.5 Å². The Kier molecular flexibility index (Phi) is 3.92. The second-order valence-corrected chi connectivity index (χ2v) is 4.41. The minimum absolute atomic E-state index is 0.167. The molecule has 1 rings (SSSR count). The minimum atomic E-state index is -4.51. The van der Waals surface area contributed by atoms with Crippen LogP contribution in [0.2, 0.25) is 0 Å². The van der Waals surface area contributed by atoms with Crippen molar-refractivity contribution in [2.75, 3.05) is 6.61 Å². The van der Waals surface area contributed by atoms with Crippen LogP contribution in [0.25, 0.3) is 0 Å². The zero-order valence-corrected chi connectivity index (χ0v) is 9.78. The van der Waals surface area contributed by atoms with Crippen molar-refractivity contribution < 1.29 is 17.9 Å². The van der Waals surface area contributed by atoms with Gasteiger partial charge in [0.05, 0.1) is 12.3 Å². The first-order chi connectivity index (χ1) is 7.29. The average Bonchev–Trinajstić information content (AvgIpc) is 2.61. The first kappa shape index (κ1) is 13.4. The number of aromatic nitrogens is 1. The Bertz CT molecular complexity index is 349. The van der Waals surface area contributed by atoms with Crippen LogP contribution in [0.4, 0.5) is 13.2 Å². The largest absolute Gasteiger partial charge is 0.411 e. The average molecular weight is 254 g/mol. The van der Waals surface area contributed by atoms with Crippen LogP contribution in [-0.4, -0.2) is 17.8 Å². The number of alkyl halides is 3. The molecule has 0 saturated carbocycles. The van der Waals surface area contributed by atoms with E-state index >= 15 is 0 Å². The van der Waals surface area contributed by atoms with Gasteiger partial charge in [0, 0.05) is 12.0 Å². The third kappa shape index (κ3) is 2.72. The zero-order valence-electron chi connectivity index (χ0n) is 8.97. The molecule has 0 amide bonds. The van der Waals surface area contributed by atoms with Crippen LogP contribution < -0.4 is 5.73 Å². The van der Waals surface area contributed by atoms with Crippen molar-refractivity contribution in [3.8, 4) is 0 Å². The van der Waals surface area contributed by atoms with Crippen LogP contribution in [0.15, 0.2) is 5.38 Å². The quantitative estimate of drug-likeness (QED) is 0.897. The Morgan fingerprint density at radius 2 is 2.12 bits per heavy atom. The third-order valence-corrected chi connectivity index (χ3v) is 2.92. The molecule has 0 radical (unpaired) electrons. The van der Waals surface area contributed by atoms with Gasteiger partial charge in [0.2, 0.25) is 0 Å². The topological polar surface area (TPSA) is 48.1 Å². The molecule has 1 aromatic rings. The zero-order chi connectivity index (χ0) is 12.4. The van der Waals surface area contributed by atoms with E-state index in [1.165, 1.54) is 5.38 Å². The van der Waals surface area contributed by atoms with E-state index in [1.54, 1.807) is 6.92 Å². The van der Waals surface area contributed by atoms with E-state index in [0.717, 1.165) is 18.3 Å². The molecule has 1 heterocycles. The van der Waals surface area contributed by atoms with Crippen LogP contribution in [0.5, 0.6) is 0 Å². The van der Waals surface area contributed by atoms with Gasteiger partial charge in [-0.05, 0) is 13.8 Å². The first-order valence-corrected chi connectivity index (χ1v) is 5.55. The maximum Gasteiger partial charge on any atom is 0.411 e. The van der Waals surface area contributed by atoms with Gasteiger partial charge < -0.3 is 10.5 Å². The summed E-state index contributed by atoms with van der Waals surface area (Å²) < 4.78 is 42.8. The molecule has 7 heteroatoms. The Balaban J connectivity index is 2.85. The highest BCUT2D eigenvalue weighted by atomic mass is 32.1. The number of rotatable bonds is 4. The number of hydrogen-bond donors (Lipinski definition) is 1. The second kappa shape index (κ2) is 4.68. The maximum atomic E-state index is 12.6. The molecule has 0 fully saturated rings. The molecule has 2 N–H and O–H groups in total. The van der Waals surface area contributed by atoms with Gasteiger partial charge in [0.1, 0.15) is 5.01 Å². The van der Waals surface area contributed by atoms with E-state index in [9.17, 15) is 13.2 Å². The monoisotopic (exact) mass is 254 g/mol. The molecule has 0 bridgehead atoms. The van der Waals surface area contributed by atoms with Crippen molar-refractivity contribution in [2.45, 2.75) is 32.2 Å². The Hall–Kier alpha value is -0.660. The SMILES string of the molecule is CCOCc1nc(C(C)(N)C(F)(F)F)cs1. The highest BCUT2D eigenvalue weighted by Crippen LogP contribution is 2.36. The molecule has 16 heavy (non-hydrogen) atoms. The fraction of sp³-hybridized carbons (Fsp3) is 0.667. The first-order valence-electron chi connectivity index (χ1n) is 4.67. The van der Waals surface area contributed by atoms with E-state index in [-0.39, 0.29) is 12.3 Å². The lowest BCUT2D eigenvalue weighted by atomic mass is 10.00. The lowest BCUT2D eigenvalue weighted by molar-refractivity contribution is -0.185. The lowest BCUT2D eigenvalue weighted by Crippen LogP contribution is -2.47. The van der Waals surface area contributed by atoms with Gasteiger partial charge in [-0.15, -0.1) is 11.3 Å². The summed E-state index contributed by atoms with van der Waals surface area (Å²) in [6, 6.07) is 0. The van der Waals surface area contributed by atoms with Gasteiger partial charge in [0.15, 0.2) is 5.54 Å². The molecule has 1 aromatic heterocycles. The lowest BCUT2D eigenvalue weighted by Gasteiger charge is -2.25. The van der Waals surface area contributed by atoms with Crippen molar-refractivity contribution in [3.05, 3.63) is 16.1 Å². The summed E-state index contributed by atoms with van der Waals surface area (Å²) in [5.74, 6) is 0. The summed E-state index contributed by atoms with van der Waals surface area (Å²) in [5, 5.41) is 1.82. The molecular formula is C9H13F3N2OS. The van der Waals surface area contributed by atoms with Gasteiger partial charge in [-0.2, -0.15) is 13.2 Å². The van der Waals surface area contributed by atoms with Crippen LogP contribution in [-0.2, 0) is 16.9 Å². The van der Waals surface area contributed by atoms with Crippen molar-refractivity contribution in [3.63, 3.8) is 0 Å². The standard InChI is InChI=1S/C9H13F3N2OS/c1-3-15-4-7-14-6(5-16-7)8(2,13)9(10,11)12/h5H,3-4,13H2,1-2H3. The van der Waals surface area contributed by atoms with E-state index in [2.05, 4.69) is 4.98 Å². The van der Waals surface area contributed by atoms with Crippen LogP contribution in [0.1, 0.15) is 24.5 Å². The Morgan fingerprint density at radius 1 is 1.50 bits per heavy atom. The third-order valence-electron chi connectivity index (χ3n) is 2.10. The second-order valence-electron chi connectivity index (χ2n) is 3.46. The van der Waals surface area contributed by atoms with Crippen molar-refractivity contribution in [1.29, 1.82) is 0 Å². The summed E-state index contributed by atoms with van der Waals surface area (Å²) in [4.78, 5) is 3.83. The summed E-state index contributed by atoms with van der Waals surface area (Å²) in [5.41, 5.74) is 2.66. The fourth-order valence-corrected chi connectivity index (χ4v) is 1.80.